The number of carbonyl (C=O) groups is 1. The summed E-state index contributed by atoms with van der Waals surface area (Å²) in [6.45, 7) is 4.30. The molecule has 1 aromatic carbocycles. The third kappa shape index (κ3) is 2.54. The largest absolute Gasteiger partial charge is 0.462 e. The third-order valence-corrected chi connectivity index (χ3v) is 2.44. The number of ether oxygens (including phenoxy) is 1. The maximum atomic E-state index is 11.8. The van der Waals surface area contributed by atoms with Gasteiger partial charge in [0, 0.05) is 14.1 Å². The predicted octanol–water partition coefficient (Wildman–Crippen LogP) is 2.49. The Bertz CT molecular complexity index is 372. The maximum Gasteiger partial charge on any atom is 0.340 e. The first-order valence-electron chi connectivity index (χ1n) is 5.58. The van der Waals surface area contributed by atoms with Gasteiger partial charge in [-0.25, -0.2) is 4.79 Å². The molecule has 0 spiro atoms. The molecule has 0 unspecified atom stereocenters. The number of rotatable bonds is 4. The van der Waals surface area contributed by atoms with Gasteiger partial charge >= 0.3 is 5.97 Å². The normalized spacial score (nSPS) is 10.0. The monoisotopic (exact) mass is 221 g/mol. The number of anilines is 1. The molecule has 3 heteroatoms. The first-order chi connectivity index (χ1) is 7.61. The van der Waals surface area contributed by atoms with Crippen molar-refractivity contribution in [3.05, 3.63) is 29.3 Å². The van der Waals surface area contributed by atoms with Crippen LogP contribution in [0.25, 0.3) is 0 Å². The van der Waals surface area contributed by atoms with Crippen molar-refractivity contribution < 1.29 is 9.53 Å². The molecule has 0 atom stereocenters. The molecule has 0 saturated carbocycles. The van der Waals surface area contributed by atoms with Crippen molar-refractivity contribution in [1.82, 2.24) is 0 Å². The Kier molecular flexibility index (Phi) is 4.35. The van der Waals surface area contributed by atoms with Crippen LogP contribution in [-0.4, -0.2) is 26.7 Å². The van der Waals surface area contributed by atoms with Gasteiger partial charge in [0.05, 0.1) is 17.9 Å². The summed E-state index contributed by atoms with van der Waals surface area (Å²) >= 11 is 0. The lowest BCUT2D eigenvalue weighted by Crippen LogP contribution is -2.17. The number of para-hydroxylation sites is 1. The summed E-state index contributed by atoms with van der Waals surface area (Å²) in [5.74, 6) is -0.249. The second-order valence-corrected chi connectivity index (χ2v) is 3.78. The number of hydrogen-bond donors (Lipinski definition) is 0. The summed E-state index contributed by atoms with van der Waals surface area (Å²) in [5, 5.41) is 0. The highest BCUT2D eigenvalue weighted by Crippen LogP contribution is 2.25. The number of hydrogen-bond acceptors (Lipinski definition) is 3. The van der Waals surface area contributed by atoms with Gasteiger partial charge in [-0.2, -0.15) is 0 Å². The van der Waals surface area contributed by atoms with Crippen LogP contribution in [0.2, 0.25) is 0 Å². The van der Waals surface area contributed by atoms with Gasteiger partial charge in [0.25, 0.3) is 0 Å². The molecule has 0 heterocycles. The van der Waals surface area contributed by atoms with Gasteiger partial charge in [0.2, 0.25) is 0 Å². The van der Waals surface area contributed by atoms with Crippen LogP contribution in [-0.2, 0) is 11.2 Å². The molecule has 1 aromatic rings. The summed E-state index contributed by atoms with van der Waals surface area (Å²) in [7, 11) is 3.88. The molecule has 16 heavy (non-hydrogen) atoms. The lowest BCUT2D eigenvalue weighted by atomic mass is 10.0. The van der Waals surface area contributed by atoms with Crippen molar-refractivity contribution in [3.63, 3.8) is 0 Å². The SMILES string of the molecule is CCOC(=O)c1cccc(CC)c1N(C)C. The van der Waals surface area contributed by atoms with Crippen LogP contribution in [0.4, 0.5) is 5.69 Å². The van der Waals surface area contributed by atoms with Gasteiger partial charge < -0.3 is 9.64 Å². The standard InChI is InChI=1S/C13H19NO2/c1-5-10-8-7-9-11(12(10)14(3)4)13(15)16-6-2/h7-9H,5-6H2,1-4H3. The Labute approximate surface area is 97.0 Å². The van der Waals surface area contributed by atoms with Gasteiger partial charge in [-0.15, -0.1) is 0 Å². The summed E-state index contributed by atoms with van der Waals surface area (Å²) in [6, 6.07) is 5.75. The van der Waals surface area contributed by atoms with Crippen molar-refractivity contribution in [2.45, 2.75) is 20.3 Å². The molecule has 3 nitrogen and oxygen atoms in total. The fraction of sp³-hybridized carbons (Fsp3) is 0.462. The van der Waals surface area contributed by atoms with E-state index in [4.69, 9.17) is 4.74 Å². The molecule has 0 aromatic heterocycles. The third-order valence-electron chi connectivity index (χ3n) is 2.44. The Hall–Kier alpha value is -1.51. The van der Waals surface area contributed by atoms with Crippen LogP contribution in [0.5, 0.6) is 0 Å². The molecule has 0 aliphatic carbocycles. The number of aryl methyl sites for hydroxylation is 1. The number of nitrogens with zero attached hydrogens (tertiary/aromatic N) is 1. The minimum atomic E-state index is -0.249. The maximum absolute atomic E-state index is 11.8. The van der Waals surface area contributed by atoms with Crippen molar-refractivity contribution in [1.29, 1.82) is 0 Å². The molecule has 0 N–H and O–H groups in total. The Balaban J connectivity index is 3.22. The fourth-order valence-corrected chi connectivity index (χ4v) is 1.78. The van der Waals surface area contributed by atoms with Crippen molar-refractivity contribution in [3.8, 4) is 0 Å². The highest BCUT2D eigenvalue weighted by Gasteiger charge is 2.16. The van der Waals surface area contributed by atoms with Crippen LogP contribution < -0.4 is 4.90 Å². The Morgan fingerprint density at radius 1 is 1.31 bits per heavy atom. The van der Waals surface area contributed by atoms with E-state index in [-0.39, 0.29) is 5.97 Å². The second kappa shape index (κ2) is 5.54. The molecule has 0 aliphatic heterocycles. The van der Waals surface area contributed by atoms with Crippen molar-refractivity contribution in [2.24, 2.45) is 0 Å². The van der Waals surface area contributed by atoms with E-state index in [1.165, 1.54) is 0 Å². The highest BCUT2D eigenvalue weighted by atomic mass is 16.5. The zero-order valence-corrected chi connectivity index (χ0v) is 10.4. The van der Waals surface area contributed by atoms with Gasteiger partial charge in [0.1, 0.15) is 0 Å². The molecule has 88 valence electrons. The zero-order valence-electron chi connectivity index (χ0n) is 10.4. The minimum absolute atomic E-state index is 0.249. The first-order valence-corrected chi connectivity index (χ1v) is 5.58. The zero-order chi connectivity index (χ0) is 12.1. The van der Waals surface area contributed by atoms with Crippen molar-refractivity contribution >= 4 is 11.7 Å². The van der Waals surface area contributed by atoms with Gasteiger partial charge in [-0.05, 0) is 25.0 Å². The molecule has 0 bridgehead atoms. The molecule has 0 amide bonds. The predicted molar refractivity (Wildman–Crippen MR) is 66.1 cm³/mol. The van der Waals surface area contributed by atoms with Crippen LogP contribution in [0.1, 0.15) is 29.8 Å². The van der Waals surface area contributed by atoms with Gasteiger partial charge in [-0.1, -0.05) is 19.1 Å². The first kappa shape index (κ1) is 12.6. The minimum Gasteiger partial charge on any atom is -0.462 e. The summed E-state index contributed by atoms with van der Waals surface area (Å²) in [4.78, 5) is 13.8. The molecule has 0 aliphatic rings. The Morgan fingerprint density at radius 2 is 2.00 bits per heavy atom. The van der Waals surface area contributed by atoms with Gasteiger partial charge in [-0.3, -0.25) is 0 Å². The number of benzene rings is 1. The molecule has 1 rings (SSSR count). The average molecular weight is 221 g/mol. The van der Waals surface area contributed by atoms with E-state index in [0.717, 1.165) is 17.7 Å². The van der Waals surface area contributed by atoms with E-state index in [9.17, 15) is 4.79 Å². The molecular weight excluding hydrogens is 202 g/mol. The van der Waals surface area contributed by atoms with E-state index < -0.39 is 0 Å². The second-order valence-electron chi connectivity index (χ2n) is 3.78. The van der Waals surface area contributed by atoms with E-state index in [2.05, 4.69) is 6.92 Å². The van der Waals surface area contributed by atoms with E-state index in [1.807, 2.05) is 44.1 Å². The lowest BCUT2D eigenvalue weighted by molar-refractivity contribution is 0.0527. The number of carbonyl (C=O) groups excluding carboxylic acids is 1. The van der Waals surface area contributed by atoms with E-state index in [0.29, 0.717) is 12.2 Å². The lowest BCUT2D eigenvalue weighted by Gasteiger charge is -2.20. The number of esters is 1. The van der Waals surface area contributed by atoms with Crippen molar-refractivity contribution in [2.75, 3.05) is 25.6 Å². The van der Waals surface area contributed by atoms with Crippen LogP contribution in [0.15, 0.2) is 18.2 Å². The quantitative estimate of drug-likeness (QED) is 0.732. The molecular formula is C13H19NO2. The van der Waals surface area contributed by atoms with Crippen LogP contribution in [0, 0.1) is 0 Å². The summed E-state index contributed by atoms with van der Waals surface area (Å²) in [5.41, 5.74) is 2.77. The fourth-order valence-electron chi connectivity index (χ4n) is 1.78. The molecule has 0 saturated heterocycles. The van der Waals surface area contributed by atoms with Crippen LogP contribution in [0.3, 0.4) is 0 Å². The molecule has 0 fully saturated rings. The average Bonchev–Trinajstić information content (AvgIpc) is 2.28. The summed E-state index contributed by atoms with van der Waals surface area (Å²) in [6.07, 6.45) is 0.904. The molecule has 0 radical (unpaired) electrons. The highest BCUT2D eigenvalue weighted by molar-refractivity contribution is 5.96. The van der Waals surface area contributed by atoms with Crippen LogP contribution >= 0.6 is 0 Å². The Morgan fingerprint density at radius 3 is 2.50 bits per heavy atom. The smallest absolute Gasteiger partial charge is 0.340 e. The van der Waals surface area contributed by atoms with E-state index >= 15 is 0 Å². The van der Waals surface area contributed by atoms with E-state index in [1.54, 1.807) is 0 Å². The summed E-state index contributed by atoms with van der Waals surface area (Å²) < 4.78 is 5.05. The topological polar surface area (TPSA) is 29.5 Å². The van der Waals surface area contributed by atoms with Gasteiger partial charge in [0.15, 0.2) is 0 Å².